The number of thioether (sulfide) groups is 1. The van der Waals surface area contributed by atoms with Crippen LogP contribution in [0.15, 0.2) is 47.5 Å². The first-order valence-corrected chi connectivity index (χ1v) is 13.2. The van der Waals surface area contributed by atoms with Crippen molar-refractivity contribution in [3.8, 4) is 0 Å². The molecule has 196 valence electrons. The number of rotatable bonds is 9. The summed E-state index contributed by atoms with van der Waals surface area (Å²) in [6.45, 7) is 8.23. The Morgan fingerprint density at radius 3 is 2.68 bits per heavy atom. The highest BCUT2D eigenvalue weighted by atomic mass is 32.2. The number of para-hydroxylation sites is 1. The van der Waals surface area contributed by atoms with Crippen molar-refractivity contribution in [3.05, 3.63) is 63.7 Å². The van der Waals surface area contributed by atoms with Crippen LogP contribution < -0.4 is 5.32 Å². The van der Waals surface area contributed by atoms with Gasteiger partial charge in [0.2, 0.25) is 11.8 Å². The molecular weight excluding hydrogens is 494 g/mol. The van der Waals surface area contributed by atoms with E-state index in [0.29, 0.717) is 11.7 Å². The fraction of sp³-hybridized carbons (Fsp3) is 0.423. The number of nitro groups is 1. The Balaban J connectivity index is 1.47. The van der Waals surface area contributed by atoms with Gasteiger partial charge in [0.1, 0.15) is 10.9 Å². The predicted octanol–water partition coefficient (Wildman–Crippen LogP) is 3.89. The zero-order valence-corrected chi connectivity index (χ0v) is 21.8. The normalized spacial score (nSPS) is 19.4. The summed E-state index contributed by atoms with van der Waals surface area (Å²) in [5.74, 6) is -0.629. The fourth-order valence-electron chi connectivity index (χ4n) is 4.27. The molecule has 2 aromatic rings. The zero-order valence-electron chi connectivity index (χ0n) is 21.0. The molecule has 0 radical (unpaired) electrons. The van der Waals surface area contributed by atoms with Gasteiger partial charge in [-0.05, 0) is 43.5 Å². The van der Waals surface area contributed by atoms with E-state index in [4.69, 9.17) is 9.73 Å². The molecule has 37 heavy (non-hydrogen) atoms. The summed E-state index contributed by atoms with van der Waals surface area (Å²) in [6.07, 6.45) is 0.662. The van der Waals surface area contributed by atoms with Crippen molar-refractivity contribution >= 4 is 45.8 Å². The van der Waals surface area contributed by atoms with Crippen LogP contribution in [0.4, 0.5) is 17.1 Å². The van der Waals surface area contributed by atoms with Crippen LogP contribution in [-0.4, -0.2) is 76.3 Å². The summed E-state index contributed by atoms with van der Waals surface area (Å²) in [5, 5.41) is 13.9. The maximum absolute atomic E-state index is 13.4. The highest BCUT2D eigenvalue weighted by molar-refractivity contribution is 8.15. The van der Waals surface area contributed by atoms with Crippen molar-refractivity contribution in [2.24, 2.45) is 4.99 Å². The van der Waals surface area contributed by atoms with Crippen molar-refractivity contribution < 1.29 is 19.2 Å². The number of benzene rings is 2. The lowest BCUT2D eigenvalue weighted by Crippen LogP contribution is -2.39. The van der Waals surface area contributed by atoms with Crippen LogP contribution in [0, 0.1) is 24.0 Å². The average Bonchev–Trinajstić information content (AvgIpc) is 3.16. The number of hydrogen-bond acceptors (Lipinski definition) is 8. The Kier molecular flexibility index (Phi) is 8.91. The van der Waals surface area contributed by atoms with Crippen molar-refractivity contribution in [2.75, 3.05) is 44.7 Å². The molecule has 11 heteroatoms. The molecule has 0 bridgehead atoms. The monoisotopic (exact) mass is 525 g/mol. The van der Waals surface area contributed by atoms with Crippen LogP contribution in [0.2, 0.25) is 0 Å². The van der Waals surface area contributed by atoms with Gasteiger partial charge in [-0.15, -0.1) is 0 Å². The number of carbonyl (C=O) groups is 2. The van der Waals surface area contributed by atoms with Crippen LogP contribution in [-0.2, 0) is 14.3 Å². The van der Waals surface area contributed by atoms with Crippen LogP contribution >= 0.6 is 11.8 Å². The molecule has 2 aromatic carbocycles. The zero-order chi connectivity index (χ0) is 26.4. The van der Waals surface area contributed by atoms with Gasteiger partial charge in [-0.2, -0.15) is 0 Å². The predicted molar refractivity (Wildman–Crippen MR) is 144 cm³/mol. The molecule has 2 aliphatic rings. The lowest BCUT2D eigenvalue weighted by atomic mass is 10.2. The van der Waals surface area contributed by atoms with Gasteiger partial charge in [-0.3, -0.25) is 29.5 Å². The van der Waals surface area contributed by atoms with Gasteiger partial charge in [0.25, 0.3) is 5.69 Å². The summed E-state index contributed by atoms with van der Waals surface area (Å²) in [7, 11) is 0. The summed E-state index contributed by atoms with van der Waals surface area (Å²) in [5.41, 5.74) is 2.43. The molecule has 2 heterocycles. The third-order valence-corrected chi connectivity index (χ3v) is 7.48. The molecule has 10 nitrogen and oxygen atoms in total. The Hall–Kier alpha value is -3.28. The van der Waals surface area contributed by atoms with Gasteiger partial charge < -0.3 is 10.1 Å². The molecule has 1 unspecified atom stereocenters. The summed E-state index contributed by atoms with van der Waals surface area (Å²) in [4.78, 5) is 45.9. The molecule has 1 atom stereocenters. The molecule has 2 saturated heterocycles. The van der Waals surface area contributed by atoms with Crippen LogP contribution in [0.3, 0.4) is 0 Å². The first-order valence-electron chi connectivity index (χ1n) is 12.3. The quantitative estimate of drug-likeness (QED) is 0.390. The molecule has 0 aliphatic carbocycles. The highest BCUT2D eigenvalue weighted by Crippen LogP contribution is 2.33. The lowest BCUT2D eigenvalue weighted by molar-refractivity contribution is -0.384. The lowest BCUT2D eigenvalue weighted by Gasteiger charge is -2.27. The maximum Gasteiger partial charge on any atom is 0.293 e. The molecule has 4 rings (SSSR count). The fourth-order valence-corrected chi connectivity index (χ4v) is 5.44. The van der Waals surface area contributed by atoms with Crippen molar-refractivity contribution in [2.45, 2.75) is 31.9 Å². The van der Waals surface area contributed by atoms with Gasteiger partial charge in [-0.25, -0.2) is 4.99 Å². The van der Waals surface area contributed by atoms with Crippen molar-refractivity contribution in [3.63, 3.8) is 0 Å². The summed E-state index contributed by atoms with van der Waals surface area (Å²) < 4.78 is 5.41. The van der Waals surface area contributed by atoms with E-state index < -0.39 is 16.1 Å². The number of aryl methyl sites for hydroxylation is 2. The number of hydrogen-bond donors (Lipinski definition) is 1. The minimum absolute atomic E-state index is 0.110. The van der Waals surface area contributed by atoms with Crippen LogP contribution in [0.1, 0.15) is 24.0 Å². The minimum Gasteiger partial charge on any atom is -0.379 e. The first-order chi connectivity index (χ1) is 17.8. The van der Waals surface area contributed by atoms with E-state index >= 15 is 0 Å². The number of anilines is 1. The molecule has 2 amide bonds. The SMILES string of the molecule is Cc1ccc(NC(=O)CC2SC(=Nc3ccccc3C)N(CCCN3CCOCC3)C2=O)c([N+](=O)[O-])c1. The van der Waals surface area contributed by atoms with Gasteiger partial charge >= 0.3 is 0 Å². The average molecular weight is 526 g/mol. The second-order valence-electron chi connectivity index (χ2n) is 9.11. The smallest absolute Gasteiger partial charge is 0.293 e. The maximum atomic E-state index is 13.4. The van der Waals surface area contributed by atoms with Gasteiger partial charge in [-0.1, -0.05) is 36.0 Å². The van der Waals surface area contributed by atoms with Crippen LogP contribution in [0.5, 0.6) is 0 Å². The van der Waals surface area contributed by atoms with Gasteiger partial charge in [0, 0.05) is 38.7 Å². The van der Waals surface area contributed by atoms with E-state index in [1.165, 1.54) is 23.9 Å². The first kappa shape index (κ1) is 26.8. The number of nitrogens with one attached hydrogen (secondary N) is 1. The molecule has 0 saturated carbocycles. The number of nitro benzene ring substituents is 1. The third-order valence-electron chi connectivity index (χ3n) is 6.31. The Morgan fingerprint density at radius 1 is 1.19 bits per heavy atom. The van der Waals surface area contributed by atoms with Crippen LogP contribution in [0.25, 0.3) is 0 Å². The molecule has 0 spiro atoms. The summed E-state index contributed by atoms with van der Waals surface area (Å²) in [6, 6.07) is 12.3. The largest absolute Gasteiger partial charge is 0.379 e. The highest BCUT2D eigenvalue weighted by Gasteiger charge is 2.39. The van der Waals surface area contributed by atoms with Crippen molar-refractivity contribution in [1.29, 1.82) is 0 Å². The standard InChI is InChI=1S/C26H31N5O5S/c1-18-8-9-21(22(16-18)31(34)35)27-24(32)17-23-25(33)30(11-5-10-29-12-14-36-15-13-29)26(37-23)28-20-7-4-3-6-19(20)2/h3-4,6-9,16,23H,5,10-15,17H2,1-2H3,(H,27,32). The summed E-state index contributed by atoms with van der Waals surface area (Å²) >= 11 is 1.27. The number of amides is 2. The number of carbonyl (C=O) groups excluding carboxylic acids is 2. The minimum atomic E-state index is -0.657. The Morgan fingerprint density at radius 2 is 1.95 bits per heavy atom. The van der Waals surface area contributed by atoms with E-state index in [1.807, 2.05) is 31.2 Å². The molecule has 1 N–H and O–H groups in total. The number of amidine groups is 1. The Bertz CT molecular complexity index is 1200. The van der Waals surface area contributed by atoms with Gasteiger partial charge in [0.05, 0.1) is 23.8 Å². The number of aliphatic imine (C=N–C) groups is 1. The second-order valence-corrected chi connectivity index (χ2v) is 10.3. The van der Waals surface area contributed by atoms with E-state index in [0.717, 1.165) is 56.1 Å². The molecular formula is C26H31N5O5S. The van der Waals surface area contributed by atoms with E-state index in [1.54, 1.807) is 17.9 Å². The molecule has 2 aliphatic heterocycles. The third kappa shape index (κ3) is 6.94. The topological polar surface area (TPSA) is 117 Å². The van der Waals surface area contributed by atoms with E-state index in [-0.39, 0.29) is 23.7 Å². The number of ether oxygens (including phenoxy) is 1. The van der Waals surface area contributed by atoms with E-state index in [2.05, 4.69) is 10.2 Å². The molecule has 0 aromatic heterocycles. The number of nitrogens with zero attached hydrogens (tertiary/aromatic N) is 4. The molecule has 2 fully saturated rings. The second kappa shape index (κ2) is 12.3. The Labute approximate surface area is 220 Å². The van der Waals surface area contributed by atoms with Crippen molar-refractivity contribution in [1.82, 2.24) is 9.80 Å². The van der Waals surface area contributed by atoms with E-state index in [9.17, 15) is 19.7 Å². The van der Waals surface area contributed by atoms with Gasteiger partial charge in [0.15, 0.2) is 5.17 Å². The number of morpholine rings is 1.